The fraction of sp³-hybridized carbons (Fsp3) is 0.208. The Morgan fingerprint density at radius 2 is 1.72 bits per heavy atom. The summed E-state index contributed by atoms with van der Waals surface area (Å²) < 4.78 is 25.5. The van der Waals surface area contributed by atoms with Gasteiger partial charge in [-0.1, -0.05) is 48.5 Å². The van der Waals surface area contributed by atoms with Crippen LogP contribution in [-0.4, -0.2) is 45.9 Å². The second-order valence-electron chi connectivity index (χ2n) is 8.01. The van der Waals surface area contributed by atoms with Gasteiger partial charge >= 0.3 is 0 Å². The number of rotatable bonds is 5. The van der Waals surface area contributed by atoms with Crippen LogP contribution in [-0.2, 0) is 29.3 Å². The Morgan fingerprint density at radius 1 is 1.00 bits per heavy atom. The molecule has 4 aromatic rings. The second kappa shape index (κ2) is 8.29. The van der Waals surface area contributed by atoms with Gasteiger partial charge in [-0.25, -0.2) is 23.1 Å². The van der Waals surface area contributed by atoms with Crippen molar-refractivity contribution in [2.45, 2.75) is 24.7 Å². The Labute approximate surface area is 187 Å². The first-order chi connectivity index (χ1) is 15.5. The molecule has 32 heavy (non-hydrogen) atoms. The van der Waals surface area contributed by atoms with Gasteiger partial charge in [0.25, 0.3) is 0 Å². The van der Waals surface area contributed by atoms with Gasteiger partial charge in [0.2, 0.25) is 15.0 Å². The van der Waals surface area contributed by atoms with Crippen LogP contribution in [0, 0.1) is 0 Å². The molecule has 0 atom stereocenters. The van der Waals surface area contributed by atoms with Gasteiger partial charge in [-0.2, -0.15) is 5.10 Å². The van der Waals surface area contributed by atoms with Gasteiger partial charge < -0.3 is 0 Å². The van der Waals surface area contributed by atoms with Crippen molar-refractivity contribution in [3.63, 3.8) is 0 Å². The van der Waals surface area contributed by atoms with Crippen LogP contribution >= 0.6 is 0 Å². The number of hydrogen-bond donors (Lipinski definition) is 0. The summed E-state index contributed by atoms with van der Waals surface area (Å²) in [6, 6.07) is 20.3. The number of sulfone groups is 1. The van der Waals surface area contributed by atoms with Crippen LogP contribution in [0.15, 0.2) is 78.2 Å². The molecule has 0 fully saturated rings. The van der Waals surface area contributed by atoms with Crippen molar-refractivity contribution >= 4 is 9.84 Å². The van der Waals surface area contributed by atoms with Crippen LogP contribution in [0.4, 0.5) is 0 Å². The molecule has 0 amide bonds. The third-order valence-electron chi connectivity index (χ3n) is 5.57. The van der Waals surface area contributed by atoms with Gasteiger partial charge in [0, 0.05) is 61.4 Å². The molecule has 2 aromatic carbocycles. The first-order valence-electron chi connectivity index (χ1n) is 10.4. The Kier molecular flexibility index (Phi) is 5.32. The van der Waals surface area contributed by atoms with Crippen LogP contribution in [0.25, 0.3) is 16.9 Å². The molecule has 0 N–H and O–H groups in total. The van der Waals surface area contributed by atoms with Crippen molar-refractivity contribution in [3.8, 4) is 16.9 Å². The van der Waals surface area contributed by atoms with E-state index in [1.54, 1.807) is 6.20 Å². The summed E-state index contributed by atoms with van der Waals surface area (Å²) in [5, 5.41) is 4.80. The summed E-state index contributed by atoms with van der Waals surface area (Å²) >= 11 is 0. The first-order valence-corrected chi connectivity index (χ1v) is 12.3. The molecular formula is C24H23N5O2S. The van der Waals surface area contributed by atoms with Crippen LogP contribution in [0.1, 0.15) is 16.8 Å². The highest BCUT2D eigenvalue weighted by molar-refractivity contribution is 7.90. The summed E-state index contributed by atoms with van der Waals surface area (Å²) in [5.41, 5.74) is 5.98. The minimum atomic E-state index is -3.41. The summed E-state index contributed by atoms with van der Waals surface area (Å²) in [5.74, 6) is 0. The topological polar surface area (TPSA) is 81.0 Å². The van der Waals surface area contributed by atoms with E-state index in [-0.39, 0.29) is 5.16 Å². The summed E-state index contributed by atoms with van der Waals surface area (Å²) in [6.45, 7) is 2.19. The molecule has 0 saturated carbocycles. The fourth-order valence-corrected chi connectivity index (χ4v) is 4.51. The summed E-state index contributed by atoms with van der Waals surface area (Å²) in [7, 11) is -3.41. The Bertz CT molecular complexity index is 1350. The number of nitrogens with zero attached hydrogens (tertiary/aromatic N) is 5. The van der Waals surface area contributed by atoms with Gasteiger partial charge in [0.05, 0.1) is 17.1 Å². The number of hydrogen-bond acceptors (Lipinski definition) is 6. The molecule has 7 nitrogen and oxygen atoms in total. The van der Waals surface area contributed by atoms with E-state index >= 15 is 0 Å². The Hall–Kier alpha value is -3.36. The molecule has 0 aliphatic carbocycles. The van der Waals surface area contributed by atoms with Crippen LogP contribution < -0.4 is 0 Å². The van der Waals surface area contributed by atoms with Gasteiger partial charge in [-0.05, 0) is 12.1 Å². The fourth-order valence-electron chi connectivity index (χ4n) is 3.99. The third-order valence-corrected chi connectivity index (χ3v) is 6.43. The highest BCUT2D eigenvalue weighted by Crippen LogP contribution is 2.27. The van der Waals surface area contributed by atoms with E-state index in [9.17, 15) is 8.42 Å². The number of benzene rings is 2. The van der Waals surface area contributed by atoms with Gasteiger partial charge in [0.15, 0.2) is 0 Å². The lowest BCUT2D eigenvalue weighted by atomic mass is 10.0. The van der Waals surface area contributed by atoms with E-state index in [1.165, 1.54) is 0 Å². The largest absolute Gasteiger partial charge is 0.294 e. The van der Waals surface area contributed by atoms with Crippen molar-refractivity contribution < 1.29 is 8.42 Å². The zero-order valence-corrected chi connectivity index (χ0v) is 18.5. The molecule has 8 heteroatoms. The molecule has 5 rings (SSSR count). The summed E-state index contributed by atoms with van der Waals surface area (Å²) in [4.78, 5) is 10.7. The zero-order valence-electron chi connectivity index (χ0n) is 17.7. The van der Waals surface area contributed by atoms with Crippen molar-refractivity contribution in [1.29, 1.82) is 0 Å². The molecule has 1 aliphatic rings. The van der Waals surface area contributed by atoms with E-state index < -0.39 is 9.84 Å². The van der Waals surface area contributed by atoms with Crippen molar-refractivity contribution in [3.05, 3.63) is 89.9 Å². The average Bonchev–Trinajstić information content (AvgIpc) is 3.23. The molecule has 3 heterocycles. The molecule has 0 bridgehead atoms. The Balaban J connectivity index is 1.45. The number of fused-ring (bicyclic) bond motifs is 1. The predicted octanol–water partition coefficient (Wildman–Crippen LogP) is 3.29. The normalized spacial score (nSPS) is 14.3. The van der Waals surface area contributed by atoms with Crippen LogP contribution in [0.3, 0.4) is 0 Å². The monoisotopic (exact) mass is 445 g/mol. The van der Waals surface area contributed by atoms with E-state index in [4.69, 9.17) is 5.10 Å². The minimum Gasteiger partial charge on any atom is -0.294 e. The maximum atomic E-state index is 11.8. The lowest BCUT2D eigenvalue weighted by Gasteiger charge is -2.27. The lowest BCUT2D eigenvalue weighted by Crippen LogP contribution is -2.31. The SMILES string of the molecule is CS(=O)(=O)c1ncc2c(n1)CCN(Cc1cn(-c3ccccc3)nc1-c1ccccc1)C2. The highest BCUT2D eigenvalue weighted by atomic mass is 32.2. The van der Waals surface area contributed by atoms with Crippen molar-refractivity contribution in [1.82, 2.24) is 24.6 Å². The minimum absolute atomic E-state index is 0.0970. The first kappa shape index (κ1) is 20.5. The number of para-hydroxylation sites is 1. The van der Waals surface area contributed by atoms with Gasteiger partial charge in [-0.3, -0.25) is 4.90 Å². The third kappa shape index (κ3) is 4.19. The van der Waals surface area contributed by atoms with Crippen molar-refractivity contribution in [2.75, 3.05) is 12.8 Å². The molecule has 2 aromatic heterocycles. The molecular weight excluding hydrogens is 422 g/mol. The molecule has 0 saturated heterocycles. The number of aromatic nitrogens is 4. The van der Waals surface area contributed by atoms with E-state index in [0.29, 0.717) is 13.0 Å². The second-order valence-corrected chi connectivity index (χ2v) is 9.92. The van der Waals surface area contributed by atoms with Crippen LogP contribution in [0.2, 0.25) is 0 Å². The van der Waals surface area contributed by atoms with Crippen LogP contribution in [0.5, 0.6) is 0 Å². The smallest absolute Gasteiger partial charge is 0.246 e. The summed E-state index contributed by atoms with van der Waals surface area (Å²) in [6.07, 6.45) is 5.57. The highest BCUT2D eigenvalue weighted by Gasteiger charge is 2.23. The molecule has 1 aliphatic heterocycles. The molecule has 0 radical (unpaired) electrons. The maximum Gasteiger partial charge on any atom is 0.246 e. The maximum absolute atomic E-state index is 11.8. The van der Waals surface area contributed by atoms with Crippen molar-refractivity contribution in [2.24, 2.45) is 0 Å². The zero-order chi connectivity index (χ0) is 22.1. The molecule has 162 valence electrons. The lowest BCUT2D eigenvalue weighted by molar-refractivity contribution is 0.242. The van der Waals surface area contributed by atoms with Gasteiger partial charge in [-0.15, -0.1) is 0 Å². The van der Waals surface area contributed by atoms with E-state index in [1.807, 2.05) is 53.2 Å². The van der Waals surface area contributed by atoms with Gasteiger partial charge in [0.1, 0.15) is 0 Å². The Morgan fingerprint density at radius 3 is 2.44 bits per heavy atom. The average molecular weight is 446 g/mol. The quantitative estimate of drug-likeness (QED) is 0.439. The predicted molar refractivity (Wildman–Crippen MR) is 122 cm³/mol. The molecule has 0 unspecified atom stereocenters. The van der Waals surface area contributed by atoms with E-state index in [0.717, 1.165) is 53.1 Å². The van der Waals surface area contributed by atoms with E-state index in [2.05, 4.69) is 33.2 Å². The standard InChI is InChI=1S/C24H23N5O2S/c1-32(30,31)24-25-14-19-15-28(13-12-22(19)26-24)16-20-17-29(21-10-6-3-7-11-21)27-23(20)18-8-4-2-5-9-18/h2-11,14,17H,12-13,15-16H2,1H3. The molecule has 0 spiro atoms.